The molecule has 1 heterocycles. The molecule has 2 rings (SSSR count). The third-order valence-corrected chi connectivity index (χ3v) is 4.07. The van der Waals surface area contributed by atoms with Gasteiger partial charge in [0, 0.05) is 30.3 Å². The highest BCUT2D eigenvalue weighted by Crippen LogP contribution is 2.21. The largest absolute Gasteiger partial charge is 0.272 e. The van der Waals surface area contributed by atoms with Crippen LogP contribution in [0.3, 0.4) is 0 Å². The van der Waals surface area contributed by atoms with E-state index in [9.17, 15) is 10.1 Å². The molecule has 1 aromatic carbocycles. The zero-order valence-corrected chi connectivity index (χ0v) is 12.2. The van der Waals surface area contributed by atoms with Crippen molar-refractivity contribution in [2.75, 3.05) is 6.54 Å². The van der Waals surface area contributed by atoms with Crippen LogP contribution >= 0.6 is 0 Å². The average Bonchev–Trinajstić information content (AvgIpc) is 2.42. The fraction of sp³-hybridized carbons (Fsp3) is 0.600. The average molecular weight is 277 g/mol. The first kappa shape index (κ1) is 14.9. The van der Waals surface area contributed by atoms with Gasteiger partial charge < -0.3 is 0 Å². The maximum Gasteiger partial charge on any atom is 0.272 e. The fourth-order valence-electron chi connectivity index (χ4n) is 2.95. The molecule has 1 aliphatic rings. The number of nitro groups is 1. The van der Waals surface area contributed by atoms with Gasteiger partial charge in [-0.25, -0.2) is 5.01 Å². The van der Waals surface area contributed by atoms with Gasteiger partial charge in [-0.3, -0.25) is 15.5 Å². The Morgan fingerprint density at radius 1 is 1.30 bits per heavy atom. The van der Waals surface area contributed by atoms with E-state index in [0.717, 1.165) is 12.1 Å². The summed E-state index contributed by atoms with van der Waals surface area (Å²) < 4.78 is 0. The summed E-state index contributed by atoms with van der Waals surface area (Å²) in [6.07, 6.45) is 4.38. The van der Waals surface area contributed by atoms with Crippen LogP contribution in [0, 0.1) is 10.1 Å². The first-order valence-corrected chi connectivity index (χ1v) is 7.33. The molecule has 1 fully saturated rings. The first-order chi connectivity index (χ1) is 9.59. The minimum atomic E-state index is -0.304. The van der Waals surface area contributed by atoms with Gasteiger partial charge >= 0.3 is 0 Å². The molecule has 0 aliphatic carbocycles. The second kappa shape index (κ2) is 6.81. The molecule has 20 heavy (non-hydrogen) atoms. The van der Waals surface area contributed by atoms with Gasteiger partial charge in [-0.1, -0.05) is 24.6 Å². The number of nitrogens with zero attached hydrogens (tertiary/aromatic N) is 2. The quantitative estimate of drug-likeness (QED) is 0.664. The molecule has 0 radical (unpaired) electrons. The van der Waals surface area contributed by atoms with Crippen molar-refractivity contribution in [3.8, 4) is 0 Å². The normalized spacial score (nSPS) is 23.7. The van der Waals surface area contributed by atoms with E-state index in [4.69, 9.17) is 0 Å². The molecule has 2 unspecified atom stereocenters. The predicted octanol–water partition coefficient (Wildman–Crippen LogP) is 2.90. The van der Waals surface area contributed by atoms with Gasteiger partial charge in [-0.15, -0.1) is 0 Å². The SMILES string of the molecule is CC1CCCC(C)N1NCCc1ccccc1[N+](=O)[O-]. The molecule has 0 aromatic heterocycles. The zero-order valence-electron chi connectivity index (χ0n) is 12.2. The Morgan fingerprint density at radius 3 is 2.60 bits per heavy atom. The Bertz CT molecular complexity index is 454. The molecule has 1 aromatic rings. The lowest BCUT2D eigenvalue weighted by atomic mass is 10.00. The maximum atomic E-state index is 11.0. The number of benzene rings is 1. The molecule has 0 bridgehead atoms. The van der Waals surface area contributed by atoms with Crippen molar-refractivity contribution < 1.29 is 4.92 Å². The molecule has 0 saturated carbocycles. The zero-order chi connectivity index (χ0) is 14.5. The lowest BCUT2D eigenvalue weighted by Gasteiger charge is -2.39. The summed E-state index contributed by atoms with van der Waals surface area (Å²) in [6, 6.07) is 8.04. The molecular formula is C15H23N3O2. The molecule has 110 valence electrons. The summed E-state index contributed by atoms with van der Waals surface area (Å²) >= 11 is 0. The highest BCUT2D eigenvalue weighted by atomic mass is 16.6. The van der Waals surface area contributed by atoms with E-state index < -0.39 is 0 Å². The molecule has 5 nitrogen and oxygen atoms in total. The molecule has 1 saturated heterocycles. The van der Waals surface area contributed by atoms with E-state index in [1.54, 1.807) is 12.1 Å². The highest BCUT2D eigenvalue weighted by molar-refractivity contribution is 5.39. The van der Waals surface area contributed by atoms with Crippen molar-refractivity contribution in [2.45, 2.75) is 51.6 Å². The van der Waals surface area contributed by atoms with Crippen molar-refractivity contribution in [1.82, 2.24) is 10.4 Å². The summed E-state index contributed by atoms with van der Waals surface area (Å²) in [6.45, 7) is 5.20. The van der Waals surface area contributed by atoms with E-state index >= 15 is 0 Å². The predicted molar refractivity (Wildman–Crippen MR) is 79.4 cm³/mol. The lowest BCUT2D eigenvalue weighted by molar-refractivity contribution is -0.385. The van der Waals surface area contributed by atoms with Crippen LogP contribution in [-0.2, 0) is 6.42 Å². The highest BCUT2D eigenvalue weighted by Gasteiger charge is 2.24. The number of para-hydroxylation sites is 1. The topological polar surface area (TPSA) is 58.4 Å². The number of hydrazine groups is 1. The Labute approximate surface area is 120 Å². The van der Waals surface area contributed by atoms with Crippen molar-refractivity contribution in [3.63, 3.8) is 0 Å². The van der Waals surface area contributed by atoms with Crippen LogP contribution < -0.4 is 5.43 Å². The van der Waals surface area contributed by atoms with Gasteiger partial charge in [-0.05, 0) is 33.1 Å². The Balaban J connectivity index is 1.91. The van der Waals surface area contributed by atoms with Crippen LogP contribution in [-0.4, -0.2) is 28.6 Å². The smallest absolute Gasteiger partial charge is 0.258 e. The van der Waals surface area contributed by atoms with Crippen LogP contribution in [0.1, 0.15) is 38.7 Å². The van der Waals surface area contributed by atoms with E-state index in [1.807, 2.05) is 12.1 Å². The van der Waals surface area contributed by atoms with Crippen LogP contribution in [0.5, 0.6) is 0 Å². The van der Waals surface area contributed by atoms with Crippen molar-refractivity contribution in [2.24, 2.45) is 0 Å². The van der Waals surface area contributed by atoms with Crippen LogP contribution in [0.25, 0.3) is 0 Å². The third kappa shape index (κ3) is 3.55. The monoisotopic (exact) mass is 277 g/mol. The Kier molecular flexibility index (Phi) is 5.09. The van der Waals surface area contributed by atoms with Gasteiger partial charge in [0.05, 0.1) is 4.92 Å². The Morgan fingerprint density at radius 2 is 1.95 bits per heavy atom. The standard InChI is InChI=1S/C15H23N3O2/c1-12-6-5-7-13(2)17(12)16-11-10-14-8-3-4-9-15(14)18(19)20/h3-4,8-9,12-13,16H,5-7,10-11H2,1-2H3. The molecule has 1 aliphatic heterocycles. The number of hydrogen-bond acceptors (Lipinski definition) is 4. The van der Waals surface area contributed by atoms with E-state index in [-0.39, 0.29) is 10.6 Å². The third-order valence-electron chi connectivity index (χ3n) is 4.07. The van der Waals surface area contributed by atoms with Crippen LogP contribution in [0.2, 0.25) is 0 Å². The van der Waals surface area contributed by atoms with Crippen molar-refractivity contribution >= 4 is 5.69 Å². The minimum absolute atomic E-state index is 0.217. The van der Waals surface area contributed by atoms with E-state index in [0.29, 0.717) is 18.5 Å². The molecule has 1 N–H and O–H groups in total. The summed E-state index contributed by atoms with van der Waals surface area (Å²) in [4.78, 5) is 10.7. The molecule has 0 spiro atoms. The van der Waals surface area contributed by atoms with E-state index in [1.165, 1.54) is 19.3 Å². The van der Waals surface area contributed by atoms with Crippen molar-refractivity contribution in [3.05, 3.63) is 39.9 Å². The minimum Gasteiger partial charge on any atom is -0.258 e. The molecule has 2 atom stereocenters. The summed E-state index contributed by atoms with van der Waals surface area (Å²) in [7, 11) is 0. The molecule has 5 heteroatoms. The number of nitro benzene ring substituents is 1. The van der Waals surface area contributed by atoms with Gasteiger partial charge in [0.25, 0.3) is 5.69 Å². The molecular weight excluding hydrogens is 254 g/mol. The van der Waals surface area contributed by atoms with Crippen molar-refractivity contribution in [1.29, 1.82) is 0 Å². The maximum absolute atomic E-state index is 11.0. The molecule has 0 amide bonds. The van der Waals surface area contributed by atoms with Gasteiger partial charge in [-0.2, -0.15) is 0 Å². The summed E-state index contributed by atoms with van der Waals surface area (Å²) in [5, 5.41) is 13.3. The Hall–Kier alpha value is -1.46. The van der Waals surface area contributed by atoms with Crippen LogP contribution in [0.15, 0.2) is 24.3 Å². The number of nitrogens with one attached hydrogen (secondary N) is 1. The van der Waals surface area contributed by atoms with Gasteiger partial charge in [0.15, 0.2) is 0 Å². The first-order valence-electron chi connectivity index (χ1n) is 7.33. The van der Waals surface area contributed by atoms with Gasteiger partial charge in [0.2, 0.25) is 0 Å². The second-order valence-electron chi connectivity index (χ2n) is 5.58. The fourth-order valence-corrected chi connectivity index (χ4v) is 2.95. The number of rotatable bonds is 5. The van der Waals surface area contributed by atoms with E-state index in [2.05, 4.69) is 24.3 Å². The summed E-state index contributed by atoms with van der Waals surface area (Å²) in [5.74, 6) is 0. The number of hydrogen-bond donors (Lipinski definition) is 1. The lowest BCUT2D eigenvalue weighted by Crippen LogP contribution is -2.52. The van der Waals surface area contributed by atoms with Crippen LogP contribution in [0.4, 0.5) is 5.69 Å². The second-order valence-corrected chi connectivity index (χ2v) is 5.58. The number of piperidine rings is 1. The summed E-state index contributed by atoms with van der Waals surface area (Å²) in [5.41, 5.74) is 4.46. The van der Waals surface area contributed by atoms with Gasteiger partial charge in [0.1, 0.15) is 0 Å².